The second-order valence-corrected chi connectivity index (χ2v) is 4.46. The minimum Gasteiger partial charge on any atom is -0.370 e. The van der Waals surface area contributed by atoms with E-state index in [9.17, 15) is 0 Å². The second-order valence-electron chi connectivity index (χ2n) is 4.46. The quantitative estimate of drug-likeness (QED) is 0.505. The summed E-state index contributed by atoms with van der Waals surface area (Å²) in [6.07, 6.45) is 3.33. The highest BCUT2D eigenvalue weighted by molar-refractivity contribution is 5.13. The molecule has 19 heavy (non-hydrogen) atoms. The molecule has 0 saturated carbocycles. The SMILES string of the molecule is C=CCO[C@H](C1CO1)[C@@H](C=C)OCc1ccccc1. The summed E-state index contributed by atoms with van der Waals surface area (Å²) in [6, 6.07) is 10.1. The Morgan fingerprint density at radius 3 is 2.58 bits per heavy atom. The van der Waals surface area contributed by atoms with Crippen LogP contribution in [-0.2, 0) is 20.8 Å². The lowest BCUT2D eigenvalue weighted by Crippen LogP contribution is -2.35. The lowest BCUT2D eigenvalue weighted by atomic mass is 10.1. The molecule has 3 atom stereocenters. The molecule has 0 bridgehead atoms. The first-order chi connectivity index (χ1) is 9.35. The molecule has 0 radical (unpaired) electrons. The topological polar surface area (TPSA) is 31.0 Å². The molecule has 1 aromatic rings. The molecule has 0 N–H and O–H groups in total. The van der Waals surface area contributed by atoms with E-state index in [0.717, 1.165) is 12.2 Å². The molecular weight excluding hydrogens is 240 g/mol. The van der Waals surface area contributed by atoms with Gasteiger partial charge in [-0.3, -0.25) is 0 Å². The zero-order valence-corrected chi connectivity index (χ0v) is 11.0. The summed E-state index contributed by atoms with van der Waals surface area (Å²) in [5.74, 6) is 0. The van der Waals surface area contributed by atoms with E-state index in [1.807, 2.05) is 30.3 Å². The molecule has 0 aromatic heterocycles. The molecule has 3 heteroatoms. The fraction of sp³-hybridized carbons (Fsp3) is 0.375. The molecule has 0 aliphatic carbocycles. The molecule has 0 amide bonds. The predicted octanol–water partition coefficient (Wildman–Crippen LogP) is 2.73. The Balaban J connectivity index is 1.89. The first-order valence-electron chi connectivity index (χ1n) is 6.47. The Hall–Kier alpha value is -1.42. The Labute approximate surface area is 114 Å². The molecule has 0 spiro atoms. The van der Waals surface area contributed by atoms with Crippen molar-refractivity contribution in [2.24, 2.45) is 0 Å². The number of hydrogen-bond donors (Lipinski definition) is 0. The van der Waals surface area contributed by atoms with Crippen molar-refractivity contribution < 1.29 is 14.2 Å². The van der Waals surface area contributed by atoms with E-state index in [4.69, 9.17) is 14.2 Å². The summed E-state index contributed by atoms with van der Waals surface area (Å²) in [7, 11) is 0. The Bertz CT molecular complexity index is 398. The largest absolute Gasteiger partial charge is 0.370 e. The fourth-order valence-electron chi connectivity index (χ4n) is 1.90. The van der Waals surface area contributed by atoms with Gasteiger partial charge in [-0.05, 0) is 5.56 Å². The molecule has 1 aromatic carbocycles. The van der Waals surface area contributed by atoms with Gasteiger partial charge in [-0.15, -0.1) is 13.2 Å². The van der Waals surface area contributed by atoms with Crippen LogP contribution in [-0.4, -0.2) is 31.5 Å². The minimum atomic E-state index is -0.173. The van der Waals surface area contributed by atoms with Crippen LogP contribution >= 0.6 is 0 Å². The molecule has 1 heterocycles. The normalized spacial score (nSPS) is 20.5. The second kappa shape index (κ2) is 7.24. The van der Waals surface area contributed by atoms with Crippen LogP contribution in [0.4, 0.5) is 0 Å². The third-order valence-corrected chi connectivity index (χ3v) is 2.97. The van der Waals surface area contributed by atoms with Crippen LogP contribution in [0.3, 0.4) is 0 Å². The fourth-order valence-corrected chi connectivity index (χ4v) is 1.90. The van der Waals surface area contributed by atoms with Crippen molar-refractivity contribution in [3.63, 3.8) is 0 Å². The third kappa shape index (κ3) is 4.31. The van der Waals surface area contributed by atoms with Gasteiger partial charge in [0.25, 0.3) is 0 Å². The van der Waals surface area contributed by atoms with Crippen LogP contribution in [0.2, 0.25) is 0 Å². The van der Waals surface area contributed by atoms with Gasteiger partial charge in [0.1, 0.15) is 18.3 Å². The van der Waals surface area contributed by atoms with Gasteiger partial charge in [-0.1, -0.05) is 42.5 Å². The van der Waals surface area contributed by atoms with Crippen LogP contribution in [0, 0.1) is 0 Å². The lowest BCUT2D eigenvalue weighted by Gasteiger charge is -2.23. The molecule has 1 aliphatic rings. The Morgan fingerprint density at radius 1 is 1.26 bits per heavy atom. The summed E-state index contributed by atoms with van der Waals surface area (Å²) in [5.41, 5.74) is 1.13. The third-order valence-electron chi connectivity index (χ3n) is 2.97. The standard InChI is InChI=1S/C16H20O3/c1-3-10-17-16(15-12-19-15)14(4-2)18-11-13-8-6-5-7-9-13/h3-9,14-16H,1-2,10-12H2/t14-,15?,16+/m1/s1. The maximum absolute atomic E-state index is 5.88. The van der Waals surface area contributed by atoms with E-state index >= 15 is 0 Å². The number of benzene rings is 1. The maximum Gasteiger partial charge on any atom is 0.116 e. The van der Waals surface area contributed by atoms with Crippen molar-refractivity contribution in [1.82, 2.24) is 0 Å². The van der Waals surface area contributed by atoms with Crippen molar-refractivity contribution in [3.05, 3.63) is 61.2 Å². The van der Waals surface area contributed by atoms with Gasteiger partial charge in [0.05, 0.1) is 19.8 Å². The van der Waals surface area contributed by atoms with Crippen LogP contribution in [0.15, 0.2) is 55.6 Å². The Morgan fingerprint density at radius 2 is 2.00 bits per heavy atom. The van der Waals surface area contributed by atoms with E-state index in [1.165, 1.54) is 0 Å². The lowest BCUT2D eigenvalue weighted by molar-refractivity contribution is -0.0604. The van der Waals surface area contributed by atoms with Crippen molar-refractivity contribution >= 4 is 0 Å². The van der Waals surface area contributed by atoms with Gasteiger partial charge >= 0.3 is 0 Å². The molecule has 102 valence electrons. The molecule has 1 aliphatic heterocycles. The average Bonchev–Trinajstić information content (AvgIpc) is 3.28. The van der Waals surface area contributed by atoms with E-state index < -0.39 is 0 Å². The highest BCUT2D eigenvalue weighted by Crippen LogP contribution is 2.23. The molecule has 1 unspecified atom stereocenters. The highest BCUT2D eigenvalue weighted by Gasteiger charge is 2.38. The maximum atomic E-state index is 5.88. The number of ether oxygens (including phenoxy) is 3. The van der Waals surface area contributed by atoms with Crippen LogP contribution < -0.4 is 0 Å². The number of rotatable bonds is 9. The summed E-state index contributed by atoms with van der Waals surface area (Å²) in [6.45, 7) is 9.24. The van der Waals surface area contributed by atoms with E-state index in [0.29, 0.717) is 13.2 Å². The van der Waals surface area contributed by atoms with Crippen molar-refractivity contribution in [1.29, 1.82) is 0 Å². The molecular formula is C16H20O3. The summed E-state index contributed by atoms with van der Waals surface area (Å²) in [5, 5.41) is 0. The van der Waals surface area contributed by atoms with Gasteiger partial charge in [0.15, 0.2) is 0 Å². The molecule has 2 rings (SSSR count). The predicted molar refractivity (Wildman–Crippen MR) is 74.9 cm³/mol. The van der Waals surface area contributed by atoms with Gasteiger partial charge < -0.3 is 14.2 Å². The van der Waals surface area contributed by atoms with Crippen molar-refractivity contribution in [2.45, 2.75) is 24.9 Å². The van der Waals surface area contributed by atoms with Crippen LogP contribution in [0.1, 0.15) is 5.56 Å². The zero-order chi connectivity index (χ0) is 13.5. The summed E-state index contributed by atoms with van der Waals surface area (Å²) < 4.78 is 16.9. The van der Waals surface area contributed by atoms with Gasteiger partial charge in [-0.25, -0.2) is 0 Å². The number of epoxide rings is 1. The van der Waals surface area contributed by atoms with Gasteiger partial charge in [-0.2, -0.15) is 0 Å². The Kier molecular flexibility index (Phi) is 5.33. The van der Waals surface area contributed by atoms with E-state index in [1.54, 1.807) is 12.2 Å². The minimum absolute atomic E-state index is 0.110. The van der Waals surface area contributed by atoms with E-state index in [2.05, 4.69) is 13.2 Å². The van der Waals surface area contributed by atoms with Gasteiger partial charge in [0, 0.05) is 0 Å². The zero-order valence-electron chi connectivity index (χ0n) is 11.0. The van der Waals surface area contributed by atoms with Gasteiger partial charge in [0.2, 0.25) is 0 Å². The van der Waals surface area contributed by atoms with Crippen molar-refractivity contribution in [2.75, 3.05) is 13.2 Å². The summed E-state index contributed by atoms with van der Waals surface area (Å²) in [4.78, 5) is 0. The average molecular weight is 260 g/mol. The molecule has 1 fully saturated rings. The molecule has 3 nitrogen and oxygen atoms in total. The first-order valence-corrected chi connectivity index (χ1v) is 6.47. The smallest absolute Gasteiger partial charge is 0.116 e. The van der Waals surface area contributed by atoms with Crippen LogP contribution in [0.5, 0.6) is 0 Å². The number of hydrogen-bond acceptors (Lipinski definition) is 3. The first kappa shape index (κ1) is 14.0. The highest BCUT2D eigenvalue weighted by atomic mass is 16.6. The monoisotopic (exact) mass is 260 g/mol. The van der Waals surface area contributed by atoms with E-state index in [-0.39, 0.29) is 18.3 Å². The van der Waals surface area contributed by atoms with Crippen LogP contribution in [0.25, 0.3) is 0 Å². The molecule has 1 saturated heterocycles. The van der Waals surface area contributed by atoms with Crippen molar-refractivity contribution in [3.8, 4) is 0 Å². The summed E-state index contributed by atoms with van der Waals surface area (Å²) >= 11 is 0.